The number of fused-ring (bicyclic) bond motifs is 1. The number of carboxylic acids is 1. The van der Waals surface area contributed by atoms with E-state index in [2.05, 4.69) is 4.98 Å². The minimum Gasteiger partial charge on any atom is -0.479 e. The molecule has 1 aromatic carbocycles. The Bertz CT molecular complexity index is 557. The van der Waals surface area contributed by atoms with E-state index < -0.39 is 12.1 Å². The molecule has 0 aliphatic rings. The highest BCUT2D eigenvalue weighted by Gasteiger charge is 2.22. The van der Waals surface area contributed by atoms with Crippen molar-refractivity contribution >= 4 is 16.9 Å². The Morgan fingerprint density at radius 1 is 1.38 bits per heavy atom. The number of hydrogen-bond acceptors (Lipinski definition) is 2. The predicted octanol–water partition coefficient (Wildman–Crippen LogP) is 1.90. The third-order valence-corrected chi connectivity index (χ3v) is 2.70. The Morgan fingerprint density at radius 3 is 2.69 bits per heavy atom. The van der Waals surface area contributed by atoms with E-state index in [0.29, 0.717) is 11.3 Å². The molecule has 3 N–H and O–H groups in total. The van der Waals surface area contributed by atoms with Gasteiger partial charge in [-0.25, -0.2) is 4.79 Å². The minimum atomic E-state index is -1.48. The topological polar surface area (TPSA) is 73.3 Å². The van der Waals surface area contributed by atoms with Crippen LogP contribution in [-0.4, -0.2) is 21.2 Å². The number of H-pyrrole nitrogens is 1. The first kappa shape index (κ1) is 10.7. The number of benzene rings is 1. The molecule has 0 aliphatic heterocycles. The predicted molar refractivity (Wildman–Crippen MR) is 60.4 cm³/mol. The first-order chi connectivity index (χ1) is 7.50. The van der Waals surface area contributed by atoms with Crippen LogP contribution in [0.2, 0.25) is 0 Å². The molecule has 4 heteroatoms. The van der Waals surface area contributed by atoms with Crippen LogP contribution in [0.1, 0.15) is 22.9 Å². The monoisotopic (exact) mass is 219 g/mol. The molecule has 2 rings (SSSR count). The third-order valence-electron chi connectivity index (χ3n) is 2.70. The van der Waals surface area contributed by atoms with E-state index in [-0.39, 0.29) is 0 Å². The van der Waals surface area contributed by atoms with Crippen LogP contribution in [0.4, 0.5) is 0 Å². The van der Waals surface area contributed by atoms with Crippen LogP contribution in [0.5, 0.6) is 0 Å². The summed E-state index contributed by atoms with van der Waals surface area (Å²) in [6.07, 6.45) is -1.48. The first-order valence-corrected chi connectivity index (χ1v) is 5.00. The molecular formula is C12H13NO3. The van der Waals surface area contributed by atoms with Crippen LogP contribution < -0.4 is 0 Å². The second-order valence-electron chi connectivity index (χ2n) is 3.95. The molecule has 1 aromatic heterocycles. The summed E-state index contributed by atoms with van der Waals surface area (Å²) in [7, 11) is 0. The standard InChI is InChI=1S/C12H13NO3/c1-6-3-4-8-9(5-6)13-7(2)10(8)11(14)12(15)16/h3-5,11,13-14H,1-2H3,(H,15,16). The fourth-order valence-corrected chi connectivity index (χ4v) is 1.94. The maximum atomic E-state index is 10.8. The van der Waals surface area contributed by atoms with Gasteiger partial charge in [-0.2, -0.15) is 0 Å². The summed E-state index contributed by atoms with van der Waals surface area (Å²) in [4.78, 5) is 13.9. The van der Waals surface area contributed by atoms with Gasteiger partial charge in [0.2, 0.25) is 0 Å². The average molecular weight is 219 g/mol. The van der Waals surface area contributed by atoms with Crippen molar-refractivity contribution in [2.75, 3.05) is 0 Å². The maximum absolute atomic E-state index is 10.8. The number of rotatable bonds is 2. The average Bonchev–Trinajstić information content (AvgIpc) is 2.51. The van der Waals surface area contributed by atoms with E-state index in [9.17, 15) is 9.90 Å². The Kier molecular flexibility index (Phi) is 2.44. The molecule has 0 saturated heterocycles. The summed E-state index contributed by atoms with van der Waals surface area (Å²) < 4.78 is 0. The highest BCUT2D eigenvalue weighted by Crippen LogP contribution is 2.28. The van der Waals surface area contributed by atoms with Crippen LogP contribution >= 0.6 is 0 Å². The molecule has 0 radical (unpaired) electrons. The van der Waals surface area contributed by atoms with Crippen molar-refractivity contribution in [3.8, 4) is 0 Å². The number of carbonyl (C=O) groups is 1. The molecule has 2 aromatic rings. The SMILES string of the molecule is Cc1ccc2c(C(O)C(=O)O)c(C)[nH]c2c1. The molecule has 4 nitrogen and oxygen atoms in total. The summed E-state index contributed by atoms with van der Waals surface area (Å²) in [5, 5.41) is 19.2. The van der Waals surface area contributed by atoms with Crippen molar-refractivity contribution in [3.63, 3.8) is 0 Å². The fourth-order valence-electron chi connectivity index (χ4n) is 1.94. The lowest BCUT2D eigenvalue weighted by molar-refractivity contribution is -0.146. The lowest BCUT2D eigenvalue weighted by Crippen LogP contribution is -2.11. The number of aliphatic carboxylic acids is 1. The summed E-state index contributed by atoms with van der Waals surface area (Å²) >= 11 is 0. The Labute approximate surface area is 92.5 Å². The molecular weight excluding hydrogens is 206 g/mol. The smallest absolute Gasteiger partial charge is 0.337 e. The van der Waals surface area contributed by atoms with Gasteiger partial charge in [0.25, 0.3) is 0 Å². The number of aliphatic hydroxyl groups excluding tert-OH is 1. The van der Waals surface area contributed by atoms with Gasteiger partial charge in [0.1, 0.15) is 0 Å². The molecule has 0 aliphatic carbocycles. The lowest BCUT2D eigenvalue weighted by Gasteiger charge is -2.05. The number of aromatic nitrogens is 1. The number of carboxylic acid groups (broad SMARTS) is 1. The summed E-state index contributed by atoms with van der Waals surface area (Å²) in [5.41, 5.74) is 3.08. The lowest BCUT2D eigenvalue weighted by atomic mass is 10.0. The minimum absolute atomic E-state index is 0.447. The molecule has 1 heterocycles. The van der Waals surface area contributed by atoms with Gasteiger partial charge in [-0.05, 0) is 25.5 Å². The van der Waals surface area contributed by atoms with E-state index >= 15 is 0 Å². The zero-order chi connectivity index (χ0) is 11.9. The van der Waals surface area contributed by atoms with Gasteiger partial charge in [-0.15, -0.1) is 0 Å². The number of hydrogen-bond donors (Lipinski definition) is 3. The molecule has 0 spiro atoms. The summed E-state index contributed by atoms with van der Waals surface area (Å²) in [5.74, 6) is -1.23. The number of aryl methyl sites for hydroxylation is 2. The Morgan fingerprint density at radius 2 is 2.06 bits per heavy atom. The van der Waals surface area contributed by atoms with Gasteiger partial charge < -0.3 is 15.2 Å². The molecule has 16 heavy (non-hydrogen) atoms. The second kappa shape index (κ2) is 3.64. The summed E-state index contributed by atoms with van der Waals surface area (Å²) in [6.45, 7) is 3.72. The van der Waals surface area contributed by atoms with Crippen molar-refractivity contribution < 1.29 is 15.0 Å². The molecule has 84 valence electrons. The van der Waals surface area contributed by atoms with Crippen molar-refractivity contribution in [1.29, 1.82) is 0 Å². The quantitative estimate of drug-likeness (QED) is 0.722. The van der Waals surface area contributed by atoms with Gasteiger partial charge in [0.15, 0.2) is 6.10 Å². The fraction of sp³-hybridized carbons (Fsp3) is 0.250. The Balaban J connectivity index is 2.69. The van der Waals surface area contributed by atoms with Crippen molar-refractivity contribution in [3.05, 3.63) is 35.0 Å². The van der Waals surface area contributed by atoms with E-state index in [1.165, 1.54) is 0 Å². The van der Waals surface area contributed by atoms with Gasteiger partial charge in [0.05, 0.1) is 0 Å². The first-order valence-electron chi connectivity index (χ1n) is 5.00. The van der Waals surface area contributed by atoms with E-state index in [1.54, 1.807) is 6.92 Å². The van der Waals surface area contributed by atoms with Crippen LogP contribution in [0.15, 0.2) is 18.2 Å². The third kappa shape index (κ3) is 1.57. The molecule has 0 saturated carbocycles. The molecule has 0 amide bonds. The molecule has 0 bridgehead atoms. The summed E-state index contributed by atoms with van der Waals surface area (Å²) in [6, 6.07) is 5.66. The van der Waals surface area contributed by atoms with Gasteiger partial charge in [0, 0.05) is 22.2 Å². The van der Waals surface area contributed by atoms with Gasteiger partial charge in [-0.1, -0.05) is 12.1 Å². The van der Waals surface area contributed by atoms with Crippen molar-refractivity contribution in [2.24, 2.45) is 0 Å². The number of aromatic amines is 1. The molecule has 0 fully saturated rings. The largest absolute Gasteiger partial charge is 0.479 e. The molecule has 1 unspecified atom stereocenters. The second-order valence-corrected chi connectivity index (χ2v) is 3.95. The van der Waals surface area contributed by atoms with E-state index in [4.69, 9.17) is 5.11 Å². The van der Waals surface area contributed by atoms with E-state index in [1.807, 2.05) is 25.1 Å². The van der Waals surface area contributed by atoms with Crippen LogP contribution in [0, 0.1) is 13.8 Å². The van der Waals surface area contributed by atoms with Gasteiger partial charge >= 0.3 is 5.97 Å². The zero-order valence-electron chi connectivity index (χ0n) is 9.11. The number of nitrogens with one attached hydrogen (secondary N) is 1. The van der Waals surface area contributed by atoms with Crippen molar-refractivity contribution in [1.82, 2.24) is 4.98 Å². The van der Waals surface area contributed by atoms with Crippen molar-refractivity contribution in [2.45, 2.75) is 20.0 Å². The highest BCUT2D eigenvalue weighted by atomic mass is 16.4. The van der Waals surface area contributed by atoms with Crippen LogP contribution in [-0.2, 0) is 4.79 Å². The molecule has 1 atom stereocenters. The van der Waals surface area contributed by atoms with Crippen LogP contribution in [0.3, 0.4) is 0 Å². The van der Waals surface area contributed by atoms with Crippen LogP contribution in [0.25, 0.3) is 10.9 Å². The highest BCUT2D eigenvalue weighted by molar-refractivity contribution is 5.90. The van der Waals surface area contributed by atoms with Gasteiger partial charge in [-0.3, -0.25) is 0 Å². The maximum Gasteiger partial charge on any atom is 0.337 e. The normalized spacial score (nSPS) is 12.9. The Hall–Kier alpha value is -1.81. The zero-order valence-corrected chi connectivity index (χ0v) is 9.11. The van der Waals surface area contributed by atoms with E-state index in [0.717, 1.165) is 16.5 Å². The number of aliphatic hydroxyl groups is 1.